The second-order valence-electron chi connectivity index (χ2n) is 6.07. The number of nitrogens with one attached hydrogen (secondary N) is 1. The fraction of sp³-hybridized carbons (Fsp3) is 0.250. The third-order valence-electron chi connectivity index (χ3n) is 4.12. The molecule has 2 aromatic carbocycles. The summed E-state index contributed by atoms with van der Waals surface area (Å²) in [5, 5.41) is 2.87. The van der Waals surface area contributed by atoms with E-state index in [0.717, 1.165) is 23.3 Å². The number of amides is 2. The first-order valence-electron chi connectivity index (χ1n) is 8.82. The lowest BCUT2D eigenvalue weighted by Gasteiger charge is -2.13. The van der Waals surface area contributed by atoms with Crippen LogP contribution in [0.15, 0.2) is 48.5 Å². The molecule has 7 nitrogen and oxygen atoms in total. The highest BCUT2D eigenvalue weighted by Crippen LogP contribution is 2.24. The quantitative estimate of drug-likeness (QED) is 0.640. The summed E-state index contributed by atoms with van der Waals surface area (Å²) < 4.78 is 7.48. The molecule has 0 saturated heterocycles. The van der Waals surface area contributed by atoms with Crippen LogP contribution in [0.3, 0.4) is 0 Å². The molecule has 0 aliphatic heterocycles. The van der Waals surface area contributed by atoms with Crippen LogP contribution in [-0.4, -0.2) is 28.0 Å². The molecule has 1 heterocycles. The normalized spacial score (nSPS) is 10.7. The van der Waals surface area contributed by atoms with Gasteiger partial charge in [0, 0.05) is 6.42 Å². The van der Waals surface area contributed by atoms with E-state index < -0.39 is 5.91 Å². The fourth-order valence-corrected chi connectivity index (χ4v) is 2.86. The van der Waals surface area contributed by atoms with Crippen molar-refractivity contribution in [1.29, 1.82) is 0 Å². The molecule has 7 heteroatoms. The van der Waals surface area contributed by atoms with Crippen molar-refractivity contribution < 1.29 is 14.3 Å². The molecule has 0 bridgehead atoms. The predicted octanol–water partition coefficient (Wildman–Crippen LogP) is 2.49. The lowest BCUT2D eigenvalue weighted by atomic mass is 10.3. The monoisotopic (exact) mass is 366 g/mol. The van der Waals surface area contributed by atoms with Gasteiger partial charge in [-0.1, -0.05) is 31.2 Å². The van der Waals surface area contributed by atoms with Crippen LogP contribution >= 0.6 is 0 Å². The molecule has 3 rings (SSSR count). The van der Waals surface area contributed by atoms with Crippen LogP contribution in [0, 0.1) is 0 Å². The maximum Gasteiger partial charge on any atom is 0.244 e. The number of imidazole rings is 1. The molecule has 0 aliphatic carbocycles. The number of nitrogens with two attached hydrogens (primary N) is 1. The zero-order valence-corrected chi connectivity index (χ0v) is 15.1. The molecule has 0 aliphatic rings. The number of ether oxygens (including phenoxy) is 1. The third-order valence-corrected chi connectivity index (χ3v) is 4.12. The van der Waals surface area contributed by atoms with Gasteiger partial charge in [-0.3, -0.25) is 9.59 Å². The van der Waals surface area contributed by atoms with Crippen molar-refractivity contribution in [2.75, 3.05) is 11.9 Å². The Hall–Kier alpha value is -3.35. The maximum atomic E-state index is 12.6. The highest BCUT2D eigenvalue weighted by molar-refractivity contribution is 5.93. The van der Waals surface area contributed by atoms with Gasteiger partial charge in [0.1, 0.15) is 18.1 Å². The van der Waals surface area contributed by atoms with Crippen LogP contribution < -0.4 is 15.8 Å². The van der Waals surface area contributed by atoms with Crippen LogP contribution in [0.25, 0.3) is 11.0 Å². The van der Waals surface area contributed by atoms with Gasteiger partial charge in [-0.05, 0) is 24.3 Å². The van der Waals surface area contributed by atoms with E-state index in [1.165, 1.54) is 0 Å². The summed E-state index contributed by atoms with van der Waals surface area (Å²) in [6, 6.07) is 14.8. The summed E-state index contributed by atoms with van der Waals surface area (Å²) in [6.07, 6.45) is 0.845. The van der Waals surface area contributed by atoms with Gasteiger partial charge < -0.3 is 20.4 Å². The van der Waals surface area contributed by atoms with Crippen molar-refractivity contribution >= 4 is 28.5 Å². The Bertz CT molecular complexity index is 965. The number of hydrogen-bond acceptors (Lipinski definition) is 4. The van der Waals surface area contributed by atoms with Gasteiger partial charge in [0.15, 0.2) is 0 Å². The summed E-state index contributed by atoms with van der Waals surface area (Å²) in [5.74, 6) is 0.741. The van der Waals surface area contributed by atoms with Gasteiger partial charge in [0.2, 0.25) is 11.8 Å². The van der Waals surface area contributed by atoms with Crippen molar-refractivity contribution in [3.63, 3.8) is 0 Å². The van der Waals surface area contributed by atoms with Crippen molar-refractivity contribution in [3.05, 3.63) is 54.4 Å². The Morgan fingerprint density at radius 3 is 2.67 bits per heavy atom. The Balaban J connectivity index is 1.74. The number of para-hydroxylation sites is 4. The highest BCUT2D eigenvalue weighted by atomic mass is 16.5. The molecular formula is C20H22N4O3. The number of rotatable bonds is 8. The summed E-state index contributed by atoms with van der Waals surface area (Å²) in [4.78, 5) is 28.1. The number of benzene rings is 2. The Kier molecular flexibility index (Phi) is 5.71. The molecule has 27 heavy (non-hydrogen) atoms. The Morgan fingerprint density at radius 2 is 1.89 bits per heavy atom. The summed E-state index contributed by atoms with van der Waals surface area (Å²) >= 11 is 0. The van der Waals surface area contributed by atoms with Crippen LogP contribution in [-0.2, 0) is 22.6 Å². The topological polar surface area (TPSA) is 99.2 Å². The van der Waals surface area contributed by atoms with Crippen LogP contribution in [0.2, 0.25) is 0 Å². The first-order valence-corrected chi connectivity index (χ1v) is 8.82. The standard InChI is InChI=1S/C20H22N4O3/c1-2-19-22-14-7-3-5-9-16(14)24(19)13-20(26)23-15-8-4-6-10-17(15)27-12-11-18(21)25/h3-10H,2,11-13H2,1H3,(H2,21,25)(H,23,26). The largest absolute Gasteiger partial charge is 0.491 e. The molecule has 2 amide bonds. The van der Waals surface area contributed by atoms with E-state index in [0.29, 0.717) is 11.4 Å². The SMILES string of the molecule is CCc1nc2ccccc2n1CC(=O)Nc1ccccc1OCCC(N)=O. The van der Waals surface area contributed by atoms with Gasteiger partial charge in [-0.15, -0.1) is 0 Å². The molecule has 1 aromatic heterocycles. The van der Waals surface area contributed by atoms with Gasteiger partial charge in [-0.25, -0.2) is 4.98 Å². The predicted molar refractivity (Wildman–Crippen MR) is 103 cm³/mol. The van der Waals surface area contributed by atoms with E-state index in [-0.39, 0.29) is 25.5 Å². The van der Waals surface area contributed by atoms with Gasteiger partial charge >= 0.3 is 0 Å². The van der Waals surface area contributed by atoms with Crippen molar-refractivity contribution in [1.82, 2.24) is 9.55 Å². The van der Waals surface area contributed by atoms with E-state index in [2.05, 4.69) is 10.3 Å². The number of anilines is 1. The number of carbonyl (C=O) groups excluding carboxylic acids is 2. The molecule has 3 aromatic rings. The third kappa shape index (κ3) is 4.44. The molecule has 0 radical (unpaired) electrons. The van der Waals surface area contributed by atoms with Crippen LogP contribution in [0.5, 0.6) is 5.75 Å². The molecule has 0 atom stereocenters. The summed E-state index contributed by atoms with van der Waals surface area (Å²) in [7, 11) is 0. The highest BCUT2D eigenvalue weighted by Gasteiger charge is 2.14. The number of aryl methyl sites for hydroxylation is 1. The number of fused-ring (bicyclic) bond motifs is 1. The molecule has 0 fully saturated rings. The maximum absolute atomic E-state index is 12.6. The zero-order chi connectivity index (χ0) is 19.2. The van der Waals surface area contributed by atoms with Crippen molar-refractivity contribution in [2.24, 2.45) is 5.73 Å². The van der Waals surface area contributed by atoms with Gasteiger partial charge in [0.25, 0.3) is 0 Å². The average molecular weight is 366 g/mol. The van der Waals surface area contributed by atoms with Gasteiger partial charge in [-0.2, -0.15) is 0 Å². The molecule has 3 N–H and O–H groups in total. The van der Waals surface area contributed by atoms with Crippen molar-refractivity contribution in [3.8, 4) is 5.75 Å². The van der Waals surface area contributed by atoms with Crippen molar-refractivity contribution in [2.45, 2.75) is 26.3 Å². The number of nitrogens with zero attached hydrogens (tertiary/aromatic N) is 2. The van der Waals surface area contributed by atoms with E-state index >= 15 is 0 Å². The fourth-order valence-electron chi connectivity index (χ4n) is 2.86. The second-order valence-corrected chi connectivity index (χ2v) is 6.07. The molecule has 0 spiro atoms. The molecule has 140 valence electrons. The second kappa shape index (κ2) is 8.35. The number of primary amides is 1. The zero-order valence-electron chi connectivity index (χ0n) is 15.1. The molecular weight excluding hydrogens is 344 g/mol. The number of aromatic nitrogens is 2. The van der Waals surface area contributed by atoms with E-state index in [4.69, 9.17) is 10.5 Å². The minimum Gasteiger partial charge on any atom is -0.491 e. The van der Waals surface area contributed by atoms with E-state index in [1.54, 1.807) is 24.3 Å². The Morgan fingerprint density at radius 1 is 1.15 bits per heavy atom. The smallest absolute Gasteiger partial charge is 0.244 e. The van der Waals surface area contributed by atoms with Crippen LogP contribution in [0.1, 0.15) is 19.2 Å². The minimum absolute atomic E-state index is 0.114. The average Bonchev–Trinajstić information content (AvgIpc) is 3.00. The van der Waals surface area contributed by atoms with Gasteiger partial charge in [0.05, 0.1) is 29.7 Å². The summed E-state index contributed by atoms with van der Waals surface area (Å²) in [6.45, 7) is 2.32. The van der Waals surface area contributed by atoms with E-state index in [9.17, 15) is 9.59 Å². The first kappa shape index (κ1) is 18.4. The summed E-state index contributed by atoms with van der Waals surface area (Å²) in [5.41, 5.74) is 7.48. The van der Waals surface area contributed by atoms with E-state index in [1.807, 2.05) is 35.8 Å². The molecule has 0 unspecified atom stereocenters. The lowest BCUT2D eigenvalue weighted by molar-refractivity contribution is -0.118. The Labute approximate surface area is 157 Å². The van der Waals surface area contributed by atoms with Crippen LogP contribution in [0.4, 0.5) is 5.69 Å². The molecule has 0 saturated carbocycles. The lowest BCUT2D eigenvalue weighted by Crippen LogP contribution is -2.21. The first-order chi connectivity index (χ1) is 13.1. The number of hydrogen-bond donors (Lipinski definition) is 2. The number of carbonyl (C=O) groups is 2. The minimum atomic E-state index is -0.435.